The molecule has 0 fully saturated rings. The molecule has 2 aromatic heterocycles. The lowest BCUT2D eigenvalue weighted by atomic mass is 10.2. The SMILES string of the molecule is COc1cc(OC)nc(NCNS(=O)(=O)c2ncccc2C(=O)N(C)C)n1. The molecular weight excluding hydrogens is 376 g/mol. The van der Waals surface area contributed by atoms with Crippen LogP contribution in [0.15, 0.2) is 29.4 Å². The normalized spacial score (nSPS) is 11.0. The lowest BCUT2D eigenvalue weighted by Crippen LogP contribution is -2.33. The van der Waals surface area contributed by atoms with E-state index in [0.29, 0.717) is 0 Å². The number of carbonyl (C=O) groups is 1. The molecule has 1 amide bonds. The number of carbonyl (C=O) groups excluding carboxylic acids is 1. The molecule has 0 aliphatic heterocycles. The number of hydrogen-bond acceptors (Lipinski definition) is 9. The van der Waals surface area contributed by atoms with E-state index < -0.39 is 15.9 Å². The summed E-state index contributed by atoms with van der Waals surface area (Å²) in [4.78, 5) is 25.3. The average molecular weight is 396 g/mol. The van der Waals surface area contributed by atoms with Crippen LogP contribution < -0.4 is 19.5 Å². The number of ether oxygens (including phenoxy) is 2. The molecule has 2 heterocycles. The van der Waals surface area contributed by atoms with E-state index in [1.807, 2.05) is 0 Å². The van der Waals surface area contributed by atoms with Gasteiger partial charge in [0.05, 0.1) is 32.5 Å². The third-order valence-electron chi connectivity index (χ3n) is 3.27. The second kappa shape index (κ2) is 8.60. The molecule has 2 N–H and O–H groups in total. The quantitative estimate of drug-likeness (QED) is 0.588. The van der Waals surface area contributed by atoms with E-state index in [0.717, 1.165) is 0 Å². The van der Waals surface area contributed by atoms with Gasteiger partial charge in [-0.05, 0) is 12.1 Å². The van der Waals surface area contributed by atoms with Gasteiger partial charge in [-0.3, -0.25) is 4.79 Å². The van der Waals surface area contributed by atoms with Crippen LogP contribution in [0.3, 0.4) is 0 Å². The van der Waals surface area contributed by atoms with Gasteiger partial charge in [0.1, 0.15) is 0 Å². The molecule has 0 saturated carbocycles. The lowest BCUT2D eigenvalue weighted by Gasteiger charge is -2.14. The van der Waals surface area contributed by atoms with Crippen LogP contribution in [0.25, 0.3) is 0 Å². The van der Waals surface area contributed by atoms with Gasteiger partial charge in [-0.25, -0.2) is 13.4 Å². The molecule has 0 saturated heterocycles. The Hall–Kier alpha value is -2.99. The zero-order chi connectivity index (χ0) is 20.0. The van der Waals surface area contributed by atoms with Crippen LogP contribution >= 0.6 is 0 Å². The van der Waals surface area contributed by atoms with Gasteiger partial charge in [-0.2, -0.15) is 14.7 Å². The van der Waals surface area contributed by atoms with E-state index in [9.17, 15) is 13.2 Å². The fraction of sp³-hybridized carbons (Fsp3) is 0.333. The standard InChI is InChI=1S/C15H20N6O5S/c1-21(2)14(22)10-6-5-7-16-13(10)27(23,24)18-9-17-15-19-11(25-3)8-12(20-15)26-4/h5-8,18H,9H2,1-4H3,(H,17,19,20). The maximum Gasteiger partial charge on any atom is 0.260 e. The molecule has 0 atom stereocenters. The Morgan fingerprint density at radius 1 is 1.19 bits per heavy atom. The molecule has 2 aromatic rings. The van der Waals surface area contributed by atoms with Crippen molar-refractivity contribution in [1.29, 1.82) is 0 Å². The first-order chi connectivity index (χ1) is 12.8. The average Bonchev–Trinajstić information content (AvgIpc) is 2.66. The van der Waals surface area contributed by atoms with Crippen LogP contribution in [0.2, 0.25) is 0 Å². The molecule has 0 aliphatic rings. The smallest absolute Gasteiger partial charge is 0.260 e. The number of anilines is 1. The second-order valence-electron chi connectivity index (χ2n) is 5.33. The van der Waals surface area contributed by atoms with Crippen molar-refractivity contribution in [3.05, 3.63) is 30.0 Å². The number of hydrogen-bond donors (Lipinski definition) is 2. The minimum atomic E-state index is -4.06. The summed E-state index contributed by atoms with van der Waals surface area (Å²) in [5.74, 6) is 0.114. The summed E-state index contributed by atoms with van der Waals surface area (Å²) in [5, 5.41) is 2.33. The van der Waals surface area contributed by atoms with Crippen LogP contribution in [-0.2, 0) is 10.0 Å². The summed E-state index contributed by atoms with van der Waals surface area (Å²) in [6, 6.07) is 4.36. The molecule has 0 radical (unpaired) electrons. The third kappa shape index (κ3) is 5.01. The van der Waals surface area contributed by atoms with Crippen molar-refractivity contribution in [2.75, 3.05) is 40.3 Å². The number of nitrogens with zero attached hydrogens (tertiary/aromatic N) is 4. The van der Waals surface area contributed by atoms with Gasteiger partial charge in [0.2, 0.25) is 17.7 Å². The maximum absolute atomic E-state index is 12.5. The summed E-state index contributed by atoms with van der Waals surface area (Å²) in [6.45, 7) is -0.245. The number of aromatic nitrogens is 3. The molecule has 0 aliphatic carbocycles. The van der Waals surface area contributed by atoms with Crippen molar-refractivity contribution < 1.29 is 22.7 Å². The molecule has 27 heavy (non-hydrogen) atoms. The minimum absolute atomic E-state index is 0.0331. The van der Waals surface area contributed by atoms with Gasteiger partial charge < -0.3 is 19.7 Å². The zero-order valence-electron chi connectivity index (χ0n) is 15.3. The van der Waals surface area contributed by atoms with Crippen LogP contribution in [-0.4, -0.2) is 69.2 Å². The van der Waals surface area contributed by atoms with Gasteiger partial charge in [-0.15, -0.1) is 0 Å². The number of methoxy groups -OCH3 is 2. The Kier molecular flexibility index (Phi) is 6.47. The topological polar surface area (TPSA) is 136 Å². The summed E-state index contributed by atoms with van der Waals surface area (Å²) >= 11 is 0. The van der Waals surface area contributed by atoms with Gasteiger partial charge in [0.15, 0.2) is 5.03 Å². The molecule has 0 aromatic carbocycles. The Labute approximate surface area is 156 Å². The van der Waals surface area contributed by atoms with Crippen molar-refractivity contribution >= 4 is 21.9 Å². The zero-order valence-corrected chi connectivity index (χ0v) is 16.1. The molecule has 146 valence electrons. The van der Waals surface area contributed by atoms with Gasteiger partial charge in [0, 0.05) is 20.3 Å². The Balaban J connectivity index is 2.16. The fourth-order valence-electron chi connectivity index (χ4n) is 1.98. The van der Waals surface area contributed by atoms with Crippen molar-refractivity contribution in [3.63, 3.8) is 0 Å². The number of sulfonamides is 1. The van der Waals surface area contributed by atoms with Crippen molar-refractivity contribution in [2.45, 2.75) is 5.03 Å². The lowest BCUT2D eigenvalue weighted by molar-refractivity contribution is 0.0823. The summed E-state index contributed by atoms with van der Waals surface area (Å²) in [5.41, 5.74) is -0.0331. The van der Waals surface area contributed by atoms with Crippen molar-refractivity contribution in [3.8, 4) is 11.8 Å². The summed E-state index contributed by atoms with van der Waals surface area (Å²) in [6.07, 6.45) is 1.30. The second-order valence-corrected chi connectivity index (χ2v) is 7.02. The van der Waals surface area contributed by atoms with Gasteiger partial charge in [-0.1, -0.05) is 0 Å². The number of rotatable bonds is 8. The highest BCUT2D eigenvalue weighted by Gasteiger charge is 2.24. The molecule has 0 bridgehead atoms. The third-order valence-corrected chi connectivity index (χ3v) is 4.63. The maximum atomic E-state index is 12.5. The van der Waals surface area contributed by atoms with Gasteiger partial charge >= 0.3 is 0 Å². The summed E-state index contributed by atoms with van der Waals surface area (Å²) in [7, 11) is 1.84. The Morgan fingerprint density at radius 3 is 2.37 bits per heavy atom. The summed E-state index contributed by atoms with van der Waals surface area (Å²) < 4.78 is 37.4. The monoisotopic (exact) mass is 396 g/mol. The first kappa shape index (κ1) is 20.3. The molecule has 11 nitrogen and oxygen atoms in total. The van der Waals surface area contributed by atoms with Crippen molar-refractivity contribution in [2.24, 2.45) is 0 Å². The minimum Gasteiger partial charge on any atom is -0.481 e. The Bertz CT molecular complexity index is 896. The van der Waals surface area contributed by atoms with Crippen LogP contribution in [0.4, 0.5) is 5.95 Å². The first-order valence-corrected chi connectivity index (χ1v) is 9.14. The predicted molar refractivity (Wildman–Crippen MR) is 96.2 cm³/mol. The van der Waals surface area contributed by atoms with E-state index >= 15 is 0 Å². The van der Waals surface area contributed by atoms with Gasteiger partial charge in [0.25, 0.3) is 15.9 Å². The van der Waals surface area contributed by atoms with E-state index in [1.54, 1.807) is 0 Å². The highest BCUT2D eigenvalue weighted by atomic mass is 32.2. The van der Waals surface area contributed by atoms with Crippen molar-refractivity contribution in [1.82, 2.24) is 24.6 Å². The van der Waals surface area contributed by atoms with Crippen LogP contribution in [0, 0.1) is 0 Å². The predicted octanol–water partition coefficient (Wildman–Crippen LogP) is -0.0615. The largest absolute Gasteiger partial charge is 0.481 e. The number of amides is 1. The van der Waals surface area contributed by atoms with Crippen LogP contribution in [0.5, 0.6) is 11.8 Å². The number of pyridine rings is 1. The molecule has 0 spiro atoms. The highest BCUT2D eigenvalue weighted by Crippen LogP contribution is 2.17. The Morgan fingerprint density at radius 2 is 1.81 bits per heavy atom. The first-order valence-electron chi connectivity index (χ1n) is 7.65. The van der Waals surface area contributed by atoms with E-state index in [1.165, 1.54) is 57.6 Å². The van der Waals surface area contributed by atoms with E-state index in [2.05, 4.69) is 25.0 Å². The van der Waals surface area contributed by atoms with E-state index in [-0.39, 0.29) is 35.0 Å². The van der Waals surface area contributed by atoms with Crippen LogP contribution in [0.1, 0.15) is 10.4 Å². The molecule has 2 rings (SSSR count). The number of nitrogens with one attached hydrogen (secondary N) is 2. The molecular formula is C15H20N6O5S. The van der Waals surface area contributed by atoms with E-state index in [4.69, 9.17) is 9.47 Å². The molecule has 0 unspecified atom stereocenters. The molecule has 12 heteroatoms. The highest BCUT2D eigenvalue weighted by molar-refractivity contribution is 7.89. The fourth-order valence-corrected chi connectivity index (χ4v) is 3.02.